The van der Waals surface area contributed by atoms with E-state index in [1.165, 1.54) is 23.6 Å². The monoisotopic (exact) mass is 400 g/mol. The van der Waals surface area contributed by atoms with Crippen LogP contribution in [0.25, 0.3) is 0 Å². The second-order valence-electron chi connectivity index (χ2n) is 5.66. The van der Waals surface area contributed by atoms with E-state index in [9.17, 15) is 13.6 Å². The molecule has 28 heavy (non-hydrogen) atoms. The Morgan fingerprint density at radius 2 is 2.04 bits per heavy atom. The summed E-state index contributed by atoms with van der Waals surface area (Å²) in [6, 6.07) is 11.9. The van der Waals surface area contributed by atoms with Crippen LogP contribution in [0.2, 0.25) is 0 Å². The van der Waals surface area contributed by atoms with E-state index in [0.29, 0.717) is 28.4 Å². The molecule has 1 aromatic carbocycles. The van der Waals surface area contributed by atoms with Gasteiger partial charge in [0, 0.05) is 10.6 Å². The molecular formula is C19H14F2N4O2S. The predicted molar refractivity (Wildman–Crippen MR) is 100 cm³/mol. The number of carbonyl (C=O) groups excluding carboxylic acids is 1. The molecule has 0 radical (unpaired) electrons. The smallest absolute Gasteiger partial charge is 0.387 e. The van der Waals surface area contributed by atoms with Crippen LogP contribution >= 0.6 is 11.3 Å². The number of aromatic nitrogens is 2. The number of hydrogen-bond donors (Lipinski definition) is 0. The highest BCUT2D eigenvalue weighted by Gasteiger charge is 2.17. The van der Waals surface area contributed by atoms with Crippen LogP contribution in [0.4, 0.5) is 19.6 Å². The minimum atomic E-state index is -2.91. The van der Waals surface area contributed by atoms with Gasteiger partial charge in [0.25, 0.3) is 0 Å². The third-order valence-corrected chi connectivity index (χ3v) is 4.82. The summed E-state index contributed by atoms with van der Waals surface area (Å²) in [6.07, 6.45) is 1.92. The fraction of sp³-hybridized carbons (Fsp3) is 0.158. The lowest BCUT2D eigenvalue weighted by molar-refractivity contribution is -0.0500. The number of ether oxygens (including phenoxy) is 1. The Bertz CT molecular complexity index is 998. The quantitative estimate of drug-likeness (QED) is 0.545. The number of benzene rings is 1. The van der Waals surface area contributed by atoms with Gasteiger partial charge in [0.15, 0.2) is 11.4 Å². The molecule has 3 rings (SSSR count). The maximum atomic E-state index is 12.3. The third kappa shape index (κ3) is 4.47. The van der Waals surface area contributed by atoms with Crippen LogP contribution in [-0.4, -0.2) is 22.9 Å². The highest BCUT2D eigenvalue weighted by molar-refractivity contribution is 7.15. The molecule has 0 saturated carbocycles. The zero-order chi connectivity index (χ0) is 20.1. The van der Waals surface area contributed by atoms with Gasteiger partial charge in [-0.25, -0.2) is 4.98 Å². The van der Waals surface area contributed by atoms with Crippen molar-refractivity contribution in [3.05, 3.63) is 64.4 Å². The average molecular weight is 400 g/mol. The van der Waals surface area contributed by atoms with E-state index in [-0.39, 0.29) is 12.3 Å². The first-order valence-electron chi connectivity index (χ1n) is 8.10. The standard InChI is InChI=1S/C19H14F2N4O2S/c1-12-17(11-26)24-19(28-12)25(15-5-2-13(8-22)3-6-15)10-14-4-7-16(9-23-14)27-18(20)21/h2-7,9,11,18H,10H2,1H3. The minimum Gasteiger partial charge on any atom is -0.433 e. The molecule has 6 nitrogen and oxygen atoms in total. The lowest BCUT2D eigenvalue weighted by atomic mass is 10.2. The largest absolute Gasteiger partial charge is 0.433 e. The molecular weight excluding hydrogens is 386 g/mol. The van der Waals surface area contributed by atoms with E-state index in [0.717, 1.165) is 10.6 Å². The number of alkyl halides is 2. The van der Waals surface area contributed by atoms with Crippen LogP contribution in [0.3, 0.4) is 0 Å². The number of nitrogens with zero attached hydrogens (tertiary/aromatic N) is 4. The number of hydrogen-bond acceptors (Lipinski definition) is 7. The molecule has 0 saturated heterocycles. The van der Waals surface area contributed by atoms with Crippen LogP contribution in [0.5, 0.6) is 5.75 Å². The van der Waals surface area contributed by atoms with Crippen molar-refractivity contribution in [2.75, 3.05) is 4.90 Å². The number of anilines is 2. The Hall–Kier alpha value is -3.38. The topological polar surface area (TPSA) is 79.1 Å². The van der Waals surface area contributed by atoms with Gasteiger partial charge in [0.05, 0.1) is 30.1 Å². The van der Waals surface area contributed by atoms with Gasteiger partial charge >= 0.3 is 6.61 Å². The van der Waals surface area contributed by atoms with Crippen molar-refractivity contribution in [2.45, 2.75) is 20.1 Å². The number of aryl methyl sites for hydroxylation is 1. The Labute approximate surface area is 163 Å². The highest BCUT2D eigenvalue weighted by atomic mass is 32.1. The van der Waals surface area contributed by atoms with Crippen molar-refractivity contribution in [3.8, 4) is 11.8 Å². The molecule has 0 spiro atoms. The summed E-state index contributed by atoms with van der Waals surface area (Å²) in [5.74, 6) is -0.0305. The Balaban J connectivity index is 1.93. The first kappa shape index (κ1) is 19.4. The molecule has 0 aliphatic rings. The summed E-state index contributed by atoms with van der Waals surface area (Å²) in [6.45, 7) is -0.828. The van der Waals surface area contributed by atoms with E-state index in [2.05, 4.69) is 20.8 Å². The molecule has 0 aliphatic heterocycles. The van der Waals surface area contributed by atoms with E-state index < -0.39 is 6.61 Å². The summed E-state index contributed by atoms with van der Waals surface area (Å²) < 4.78 is 28.9. The van der Waals surface area contributed by atoms with E-state index in [4.69, 9.17) is 5.26 Å². The van der Waals surface area contributed by atoms with Gasteiger partial charge < -0.3 is 9.64 Å². The molecule has 0 bridgehead atoms. The molecule has 0 fully saturated rings. The molecule has 0 N–H and O–H groups in total. The Morgan fingerprint density at radius 3 is 2.57 bits per heavy atom. The van der Waals surface area contributed by atoms with Gasteiger partial charge in [-0.2, -0.15) is 14.0 Å². The minimum absolute atomic E-state index is 0.0305. The van der Waals surface area contributed by atoms with Crippen molar-refractivity contribution in [1.29, 1.82) is 5.26 Å². The van der Waals surface area contributed by atoms with Crippen molar-refractivity contribution >= 4 is 28.4 Å². The third-order valence-electron chi connectivity index (χ3n) is 3.81. The number of nitriles is 1. The fourth-order valence-corrected chi connectivity index (χ4v) is 3.34. The number of halogens is 2. The second-order valence-corrected chi connectivity index (χ2v) is 6.85. The molecule has 3 aromatic rings. The molecule has 9 heteroatoms. The van der Waals surface area contributed by atoms with E-state index in [1.807, 2.05) is 4.90 Å². The summed E-state index contributed by atoms with van der Waals surface area (Å²) in [4.78, 5) is 22.3. The summed E-state index contributed by atoms with van der Waals surface area (Å²) in [5.41, 5.74) is 2.21. The average Bonchev–Trinajstić information content (AvgIpc) is 3.07. The van der Waals surface area contributed by atoms with Crippen molar-refractivity contribution in [1.82, 2.24) is 9.97 Å². The summed E-state index contributed by atoms with van der Waals surface area (Å²) >= 11 is 1.35. The van der Waals surface area contributed by atoms with E-state index >= 15 is 0 Å². The van der Waals surface area contributed by atoms with Crippen LogP contribution < -0.4 is 9.64 Å². The molecule has 2 heterocycles. The van der Waals surface area contributed by atoms with Gasteiger partial charge in [0.1, 0.15) is 11.4 Å². The first-order chi connectivity index (χ1) is 13.5. The maximum absolute atomic E-state index is 12.3. The molecule has 142 valence electrons. The normalized spacial score (nSPS) is 10.5. The van der Waals surface area contributed by atoms with Crippen molar-refractivity contribution in [2.24, 2.45) is 0 Å². The van der Waals surface area contributed by atoms with Gasteiger partial charge in [-0.1, -0.05) is 0 Å². The van der Waals surface area contributed by atoms with Gasteiger partial charge in [-0.05, 0) is 43.3 Å². The second kappa shape index (κ2) is 8.54. The van der Waals surface area contributed by atoms with Gasteiger partial charge in [0.2, 0.25) is 0 Å². The van der Waals surface area contributed by atoms with Crippen LogP contribution in [0.1, 0.15) is 26.6 Å². The van der Waals surface area contributed by atoms with Crippen molar-refractivity contribution < 1.29 is 18.3 Å². The predicted octanol–water partition coefficient (Wildman–Crippen LogP) is 4.47. The highest BCUT2D eigenvalue weighted by Crippen LogP contribution is 2.32. The van der Waals surface area contributed by atoms with Gasteiger partial charge in [-0.15, -0.1) is 11.3 Å². The van der Waals surface area contributed by atoms with Crippen LogP contribution in [-0.2, 0) is 6.54 Å². The number of thiazole rings is 1. The lowest BCUT2D eigenvalue weighted by Gasteiger charge is -2.22. The number of pyridine rings is 1. The zero-order valence-electron chi connectivity index (χ0n) is 14.7. The Morgan fingerprint density at radius 1 is 1.29 bits per heavy atom. The molecule has 0 unspecified atom stereocenters. The molecule has 0 atom stereocenters. The molecule has 0 amide bonds. The summed E-state index contributed by atoms with van der Waals surface area (Å²) in [5, 5.41) is 9.57. The lowest BCUT2D eigenvalue weighted by Crippen LogP contribution is -2.17. The number of carbonyl (C=O) groups is 1. The SMILES string of the molecule is Cc1sc(N(Cc2ccc(OC(F)F)cn2)c2ccc(C#N)cc2)nc1C=O. The van der Waals surface area contributed by atoms with Crippen LogP contribution in [0, 0.1) is 18.3 Å². The number of aldehydes is 1. The molecule has 2 aromatic heterocycles. The number of rotatable bonds is 7. The maximum Gasteiger partial charge on any atom is 0.387 e. The Kier molecular flexibility index (Phi) is 5.91. The van der Waals surface area contributed by atoms with Crippen molar-refractivity contribution in [3.63, 3.8) is 0 Å². The van der Waals surface area contributed by atoms with Crippen LogP contribution in [0.15, 0.2) is 42.6 Å². The molecule has 0 aliphatic carbocycles. The summed E-state index contributed by atoms with van der Waals surface area (Å²) in [7, 11) is 0. The zero-order valence-corrected chi connectivity index (χ0v) is 15.5. The fourth-order valence-electron chi connectivity index (χ4n) is 2.44. The van der Waals surface area contributed by atoms with E-state index in [1.54, 1.807) is 37.3 Å². The first-order valence-corrected chi connectivity index (χ1v) is 8.92. The van der Waals surface area contributed by atoms with Gasteiger partial charge in [-0.3, -0.25) is 9.78 Å².